The second-order valence-electron chi connectivity index (χ2n) is 6.10. The van der Waals surface area contributed by atoms with Crippen LogP contribution in [-0.4, -0.2) is 44.2 Å². The number of hydrogen-bond donors (Lipinski definition) is 3. The lowest BCUT2D eigenvalue weighted by Crippen LogP contribution is -2.42. The molecule has 0 aliphatic rings. The first-order valence-corrected chi connectivity index (χ1v) is 8.28. The van der Waals surface area contributed by atoms with E-state index in [1.165, 1.54) is 0 Å². The van der Waals surface area contributed by atoms with Gasteiger partial charge in [0.1, 0.15) is 0 Å². The fourth-order valence-electron chi connectivity index (χ4n) is 1.82. The average molecular weight is 356 g/mol. The highest BCUT2D eigenvalue weighted by Crippen LogP contribution is 2.22. The molecule has 0 unspecified atom stereocenters. The van der Waals surface area contributed by atoms with Crippen molar-refractivity contribution in [3.8, 4) is 0 Å². The molecule has 1 aromatic carbocycles. The summed E-state index contributed by atoms with van der Waals surface area (Å²) in [6.07, 6.45) is 0.806. The molecular formula is C17H26ClN3O3. The minimum atomic E-state index is -0.304. The molecule has 0 aromatic heterocycles. The molecule has 134 valence electrons. The van der Waals surface area contributed by atoms with E-state index in [1.807, 2.05) is 20.8 Å². The Labute approximate surface area is 148 Å². The maximum absolute atomic E-state index is 12.3. The van der Waals surface area contributed by atoms with Crippen LogP contribution < -0.4 is 16.0 Å². The van der Waals surface area contributed by atoms with Gasteiger partial charge < -0.3 is 20.7 Å². The summed E-state index contributed by atoms with van der Waals surface area (Å²) in [5, 5.41) is 8.90. The summed E-state index contributed by atoms with van der Waals surface area (Å²) in [6, 6.07) is 4.84. The predicted octanol–water partition coefficient (Wildman–Crippen LogP) is 2.43. The minimum Gasteiger partial charge on any atom is -0.383 e. The molecule has 0 saturated carbocycles. The lowest BCUT2D eigenvalue weighted by atomic mass is 10.0. The molecule has 6 nitrogen and oxygen atoms in total. The Kier molecular flexibility index (Phi) is 8.18. The average Bonchev–Trinajstić information content (AvgIpc) is 2.51. The fourth-order valence-corrected chi connectivity index (χ4v) is 2.09. The summed E-state index contributed by atoms with van der Waals surface area (Å²) in [4.78, 5) is 24.1. The zero-order chi connectivity index (χ0) is 18.2. The fraction of sp³-hybridized carbons (Fsp3) is 0.529. The van der Waals surface area contributed by atoms with Crippen molar-refractivity contribution in [3.63, 3.8) is 0 Å². The van der Waals surface area contributed by atoms with Crippen molar-refractivity contribution in [1.82, 2.24) is 10.6 Å². The van der Waals surface area contributed by atoms with E-state index >= 15 is 0 Å². The van der Waals surface area contributed by atoms with Crippen LogP contribution in [0.2, 0.25) is 5.02 Å². The Morgan fingerprint density at radius 2 is 2.00 bits per heavy atom. The quantitative estimate of drug-likeness (QED) is 0.594. The van der Waals surface area contributed by atoms with Crippen molar-refractivity contribution >= 4 is 29.1 Å². The van der Waals surface area contributed by atoms with Crippen molar-refractivity contribution in [1.29, 1.82) is 0 Å². The molecule has 0 aliphatic carbocycles. The van der Waals surface area contributed by atoms with E-state index in [9.17, 15) is 9.59 Å². The first-order chi connectivity index (χ1) is 11.3. The van der Waals surface area contributed by atoms with Gasteiger partial charge in [-0.3, -0.25) is 9.59 Å². The Morgan fingerprint density at radius 1 is 1.29 bits per heavy atom. The van der Waals surface area contributed by atoms with Gasteiger partial charge in [0.05, 0.1) is 23.7 Å². The summed E-state index contributed by atoms with van der Waals surface area (Å²) in [5.74, 6) is -0.419. The molecule has 1 aromatic rings. The highest BCUT2D eigenvalue weighted by Gasteiger charge is 2.20. The van der Waals surface area contributed by atoms with Crippen LogP contribution in [0.3, 0.4) is 0 Å². The molecule has 0 aliphatic heterocycles. The van der Waals surface area contributed by atoms with Crippen molar-refractivity contribution < 1.29 is 14.3 Å². The van der Waals surface area contributed by atoms with Gasteiger partial charge in [0.2, 0.25) is 5.91 Å². The van der Waals surface area contributed by atoms with Gasteiger partial charge in [0.15, 0.2) is 0 Å². The van der Waals surface area contributed by atoms with E-state index in [-0.39, 0.29) is 23.9 Å². The molecule has 0 fully saturated rings. The molecule has 0 heterocycles. The van der Waals surface area contributed by atoms with Crippen molar-refractivity contribution in [3.05, 3.63) is 28.8 Å². The van der Waals surface area contributed by atoms with Gasteiger partial charge >= 0.3 is 0 Å². The number of hydrogen-bond acceptors (Lipinski definition) is 4. The Morgan fingerprint density at radius 3 is 2.58 bits per heavy atom. The Balaban J connectivity index is 2.64. The smallest absolute Gasteiger partial charge is 0.253 e. The molecule has 24 heavy (non-hydrogen) atoms. The molecule has 7 heteroatoms. The number of carbonyl (C=O) groups excluding carboxylic acids is 2. The van der Waals surface area contributed by atoms with E-state index in [0.29, 0.717) is 29.4 Å². The molecular weight excluding hydrogens is 330 g/mol. The largest absolute Gasteiger partial charge is 0.383 e. The van der Waals surface area contributed by atoms with Crippen LogP contribution in [0.15, 0.2) is 18.2 Å². The molecule has 0 spiro atoms. The van der Waals surface area contributed by atoms with E-state index < -0.39 is 0 Å². The SMILES string of the molecule is CCC(C)(C)NC(=O)c1ccc(NC(=O)CNCCOC)cc1Cl. The number of benzene rings is 1. The third-order valence-electron chi connectivity index (χ3n) is 3.60. The zero-order valence-electron chi connectivity index (χ0n) is 14.7. The molecule has 0 atom stereocenters. The number of halogens is 1. The number of amides is 2. The Hall–Kier alpha value is -1.63. The van der Waals surface area contributed by atoms with Crippen LogP contribution in [0.1, 0.15) is 37.6 Å². The third-order valence-corrected chi connectivity index (χ3v) is 3.91. The minimum absolute atomic E-state index is 0.175. The third kappa shape index (κ3) is 6.86. The van der Waals surface area contributed by atoms with Crippen LogP contribution in [0.25, 0.3) is 0 Å². The van der Waals surface area contributed by atoms with Crippen LogP contribution >= 0.6 is 11.6 Å². The first kappa shape index (κ1) is 20.4. The van der Waals surface area contributed by atoms with Crippen LogP contribution in [0, 0.1) is 0 Å². The molecule has 0 radical (unpaired) electrons. The number of anilines is 1. The number of nitrogens with one attached hydrogen (secondary N) is 3. The maximum atomic E-state index is 12.3. The first-order valence-electron chi connectivity index (χ1n) is 7.90. The summed E-state index contributed by atoms with van der Waals surface area (Å²) in [6.45, 7) is 7.21. The maximum Gasteiger partial charge on any atom is 0.253 e. The van der Waals surface area contributed by atoms with E-state index in [0.717, 1.165) is 6.42 Å². The van der Waals surface area contributed by atoms with Crippen molar-refractivity contribution in [2.24, 2.45) is 0 Å². The summed E-state index contributed by atoms with van der Waals surface area (Å²) in [7, 11) is 1.60. The predicted molar refractivity (Wildman–Crippen MR) is 96.7 cm³/mol. The van der Waals surface area contributed by atoms with E-state index in [2.05, 4.69) is 16.0 Å². The molecule has 1 rings (SSSR count). The second-order valence-corrected chi connectivity index (χ2v) is 6.51. The van der Waals surface area contributed by atoms with Crippen molar-refractivity contribution in [2.45, 2.75) is 32.7 Å². The van der Waals surface area contributed by atoms with Gasteiger partial charge in [0.25, 0.3) is 5.91 Å². The highest BCUT2D eigenvalue weighted by atomic mass is 35.5. The standard InChI is InChI=1S/C17H26ClN3O3/c1-5-17(2,3)21-16(23)13-7-6-12(10-14(13)18)20-15(22)11-19-8-9-24-4/h6-7,10,19H,5,8-9,11H2,1-4H3,(H,20,22)(H,21,23). The van der Waals surface area contributed by atoms with Crippen LogP contribution in [0.4, 0.5) is 5.69 Å². The van der Waals surface area contributed by atoms with Gasteiger partial charge in [0, 0.05) is 24.9 Å². The summed E-state index contributed by atoms with van der Waals surface area (Å²) in [5.41, 5.74) is 0.625. The van der Waals surface area contributed by atoms with Crippen LogP contribution in [-0.2, 0) is 9.53 Å². The normalized spacial score (nSPS) is 11.2. The highest BCUT2D eigenvalue weighted by molar-refractivity contribution is 6.34. The van der Waals surface area contributed by atoms with Gasteiger partial charge in [-0.25, -0.2) is 0 Å². The van der Waals surface area contributed by atoms with Crippen LogP contribution in [0.5, 0.6) is 0 Å². The number of carbonyl (C=O) groups is 2. The summed E-state index contributed by atoms with van der Waals surface area (Å²) >= 11 is 6.18. The Bertz CT molecular complexity index is 576. The van der Waals surface area contributed by atoms with E-state index in [1.54, 1.807) is 25.3 Å². The van der Waals surface area contributed by atoms with Gasteiger partial charge in [-0.1, -0.05) is 18.5 Å². The molecule has 0 bridgehead atoms. The summed E-state index contributed by atoms with van der Waals surface area (Å²) < 4.78 is 4.89. The van der Waals surface area contributed by atoms with Gasteiger partial charge in [-0.2, -0.15) is 0 Å². The molecule has 0 saturated heterocycles. The lowest BCUT2D eigenvalue weighted by molar-refractivity contribution is -0.115. The molecule has 3 N–H and O–H groups in total. The number of ether oxygens (including phenoxy) is 1. The number of methoxy groups -OCH3 is 1. The van der Waals surface area contributed by atoms with Gasteiger partial charge in [-0.05, 0) is 38.5 Å². The van der Waals surface area contributed by atoms with Crippen molar-refractivity contribution in [2.75, 3.05) is 32.1 Å². The lowest BCUT2D eigenvalue weighted by Gasteiger charge is -2.24. The van der Waals surface area contributed by atoms with E-state index in [4.69, 9.17) is 16.3 Å². The monoisotopic (exact) mass is 355 g/mol. The molecule has 2 amide bonds. The second kappa shape index (κ2) is 9.61. The topological polar surface area (TPSA) is 79.5 Å². The zero-order valence-corrected chi connectivity index (χ0v) is 15.4. The number of rotatable bonds is 9. The van der Waals surface area contributed by atoms with Gasteiger partial charge in [-0.15, -0.1) is 0 Å².